The Morgan fingerprint density at radius 3 is 2.72 bits per heavy atom. The zero-order chi connectivity index (χ0) is 12.8. The number of aryl methyl sites for hydroxylation is 1. The van der Waals surface area contributed by atoms with Gasteiger partial charge in [0.05, 0.1) is 11.0 Å². The van der Waals surface area contributed by atoms with Crippen LogP contribution in [-0.4, -0.2) is 9.97 Å². The van der Waals surface area contributed by atoms with Crippen LogP contribution in [0.15, 0.2) is 16.6 Å². The highest BCUT2D eigenvalue weighted by atomic mass is 79.9. The van der Waals surface area contributed by atoms with E-state index in [2.05, 4.69) is 46.9 Å². The standard InChI is InChI=1S/C15H19BrN2/c1-3-15(6-4-5-7-15)14-17-12-9-11(16)8-10(2)13(12)18-14/h8-9H,3-7H2,1-2H3,(H,17,18). The van der Waals surface area contributed by atoms with E-state index < -0.39 is 0 Å². The van der Waals surface area contributed by atoms with Gasteiger partial charge in [0.1, 0.15) is 5.82 Å². The Bertz CT molecular complexity index is 579. The van der Waals surface area contributed by atoms with Gasteiger partial charge >= 0.3 is 0 Å². The molecule has 1 fully saturated rings. The van der Waals surface area contributed by atoms with Crippen LogP contribution in [0, 0.1) is 6.92 Å². The second-order valence-corrected chi connectivity index (χ2v) is 6.46. The highest BCUT2D eigenvalue weighted by Gasteiger charge is 2.36. The predicted octanol–water partition coefficient (Wildman–Crippen LogP) is 4.86. The number of hydrogen-bond acceptors (Lipinski definition) is 1. The van der Waals surface area contributed by atoms with Gasteiger partial charge in [-0.15, -0.1) is 0 Å². The Hall–Kier alpha value is -0.830. The summed E-state index contributed by atoms with van der Waals surface area (Å²) in [4.78, 5) is 8.47. The summed E-state index contributed by atoms with van der Waals surface area (Å²) in [7, 11) is 0. The minimum absolute atomic E-state index is 0.304. The molecule has 3 heteroatoms. The monoisotopic (exact) mass is 306 g/mol. The first kappa shape index (κ1) is 12.2. The maximum absolute atomic E-state index is 4.90. The molecule has 1 aromatic heterocycles. The number of fused-ring (bicyclic) bond motifs is 1. The van der Waals surface area contributed by atoms with Gasteiger partial charge in [0.2, 0.25) is 0 Å². The van der Waals surface area contributed by atoms with Gasteiger partial charge in [-0.05, 0) is 43.9 Å². The van der Waals surface area contributed by atoms with Crippen LogP contribution in [0.5, 0.6) is 0 Å². The molecule has 0 spiro atoms. The minimum atomic E-state index is 0.304. The molecule has 18 heavy (non-hydrogen) atoms. The fourth-order valence-corrected chi connectivity index (χ4v) is 3.88. The summed E-state index contributed by atoms with van der Waals surface area (Å²) in [6.45, 7) is 4.42. The molecule has 2 nitrogen and oxygen atoms in total. The van der Waals surface area contributed by atoms with E-state index in [0.717, 1.165) is 15.5 Å². The fraction of sp³-hybridized carbons (Fsp3) is 0.533. The quantitative estimate of drug-likeness (QED) is 0.843. The van der Waals surface area contributed by atoms with E-state index in [4.69, 9.17) is 4.98 Å². The third kappa shape index (κ3) is 1.80. The molecule has 1 N–H and O–H groups in total. The highest BCUT2D eigenvalue weighted by molar-refractivity contribution is 9.10. The van der Waals surface area contributed by atoms with Crippen molar-refractivity contribution in [3.05, 3.63) is 28.0 Å². The van der Waals surface area contributed by atoms with Gasteiger partial charge in [-0.3, -0.25) is 0 Å². The summed E-state index contributed by atoms with van der Waals surface area (Å²) < 4.78 is 1.12. The SMILES string of the molecule is CCC1(c2nc3c(C)cc(Br)cc3[nH]2)CCCC1. The lowest BCUT2D eigenvalue weighted by molar-refractivity contribution is 0.403. The van der Waals surface area contributed by atoms with Crippen molar-refractivity contribution >= 4 is 27.0 Å². The van der Waals surface area contributed by atoms with Crippen LogP contribution in [0.3, 0.4) is 0 Å². The number of H-pyrrole nitrogens is 1. The first-order valence-corrected chi connectivity index (χ1v) is 7.60. The summed E-state index contributed by atoms with van der Waals surface area (Å²) >= 11 is 3.56. The van der Waals surface area contributed by atoms with E-state index in [1.807, 2.05) is 0 Å². The Morgan fingerprint density at radius 1 is 1.33 bits per heavy atom. The Labute approximate surface area is 116 Å². The van der Waals surface area contributed by atoms with Gasteiger partial charge in [-0.2, -0.15) is 0 Å². The summed E-state index contributed by atoms with van der Waals surface area (Å²) in [6, 6.07) is 4.28. The Kier molecular flexibility index (Phi) is 2.97. The predicted molar refractivity (Wildman–Crippen MR) is 79.0 cm³/mol. The third-order valence-corrected chi connectivity index (χ3v) is 4.94. The molecule has 0 unspecified atom stereocenters. The maximum atomic E-state index is 4.90. The molecule has 0 amide bonds. The summed E-state index contributed by atoms with van der Waals surface area (Å²) in [5, 5.41) is 0. The average Bonchev–Trinajstić information content (AvgIpc) is 2.94. The molecule has 2 aromatic rings. The Balaban J connectivity index is 2.16. The van der Waals surface area contributed by atoms with Crippen LogP contribution in [0.4, 0.5) is 0 Å². The fourth-order valence-electron chi connectivity index (χ4n) is 3.31. The zero-order valence-corrected chi connectivity index (χ0v) is 12.6. The van der Waals surface area contributed by atoms with Crippen LogP contribution in [-0.2, 0) is 5.41 Å². The molecule has 1 aromatic carbocycles. The number of halogens is 1. The van der Waals surface area contributed by atoms with E-state index in [9.17, 15) is 0 Å². The highest BCUT2D eigenvalue weighted by Crippen LogP contribution is 2.43. The summed E-state index contributed by atoms with van der Waals surface area (Å²) in [6.07, 6.45) is 6.43. The molecule has 1 aliphatic rings. The largest absolute Gasteiger partial charge is 0.341 e. The average molecular weight is 307 g/mol. The van der Waals surface area contributed by atoms with Crippen molar-refractivity contribution in [1.29, 1.82) is 0 Å². The Morgan fingerprint density at radius 2 is 2.06 bits per heavy atom. The van der Waals surface area contributed by atoms with Gasteiger partial charge in [-0.1, -0.05) is 35.7 Å². The van der Waals surface area contributed by atoms with Crippen LogP contribution < -0.4 is 0 Å². The first-order chi connectivity index (χ1) is 8.64. The zero-order valence-electron chi connectivity index (χ0n) is 11.0. The van der Waals surface area contributed by atoms with Gasteiger partial charge in [0.25, 0.3) is 0 Å². The minimum Gasteiger partial charge on any atom is -0.341 e. The molecule has 0 bridgehead atoms. The number of rotatable bonds is 2. The summed E-state index contributed by atoms with van der Waals surface area (Å²) in [5.41, 5.74) is 3.84. The van der Waals surface area contributed by atoms with E-state index in [1.165, 1.54) is 43.5 Å². The van der Waals surface area contributed by atoms with E-state index in [0.29, 0.717) is 5.41 Å². The van der Waals surface area contributed by atoms with Crippen molar-refractivity contribution in [2.24, 2.45) is 0 Å². The second kappa shape index (κ2) is 4.37. The number of aromatic amines is 1. The molecule has 0 atom stereocenters. The van der Waals surface area contributed by atoms with Crippen molar-refractivity contribution in [2.75, 3.05) is 0 Å². The molecule has 3 rings (SSSR count). The van der Waals surface area contributed by atoms with Crippen LogP contribution in [0.1, 0.15) is 50.4 Å². The lowest BCUT2D eigenvalue weighted by atomic mass is 9.83. The van der Waals surface area contributed by atoms with Gasteiger partial charge in [-0.25, -0.2) is 4.98 Å². The number of imidazole rings is 1. The molecule has 1 heterocycles. The van der Waals surface area contributed by atoms with Crippen molar-refractivity contribution in [3.8, 4) is 0 Å². The number of aromatic nitrogens is 2. The maximum Gasteiger partial charge on any atom is 0.113 e. The van der Waals surface area contributed by atoms with Crippen molar-refractivity contribution < 1.29 is 0 Å². The molecule has 1 aliphatic carbocycles. The normalized spacial score (nSPS) is 18.6. The number of benzene rings is 1. The third-order valence-electron chi connectivity index (χ3n) is 4.48. The van der Waals surface area contributed by atoms with E-state index in [1.54, 1.807) is 0 Å². The number of hydrogen-bond donors (Lipinski definition) is 1. The van der Waals surface area contributed by atoms with Crippen LogP contribution in [0.2, 0.25) is 0 Å². The van der Waals surface area contributed by atoms with E-state index in [-0.39, 0.29) is 0 Å². The van der Waals surface area contributed by atoms with Crippen molar-refractivity contribution in [1.82, 2.24) is 9.97 Å². The first-order valence-electron chi connectivity index (χ1n) is 6.81. The lowest BCUT2D eigenvalue weighted by Gasteiger charge is -2.24. The van der Waals surface area contributed by atoms with Crippen molar-refractivity contribution in [2.45, 2.75) is 51.4 Å². The van der Waals surface area contributed by atoms with Gasteiger partial charge in [0, 0.05) is 9.89 Å². The van der Waals surface area contributed by atoms with Crippen LogP contribution in [0.25, 0.3) is 11.0 Å². The van der Waals surface area contributed by atoms with Crippen LogP contribution >= 0.6 is 15.9 Å². The summed E-state index contributed by atoms with van der Waals surface area (Å²) in [5.74, 6) is 1.21. The molecule has 0 aliphatic heterocycles. The molecule has 0 saturated heterocycles. The van der Waals surface area contributed by atoms with E-state index >= 15 is 0 Å². The van der Waals surface area contributed by atoms with Gasteiger partial charge in [0.15, 0.2) is 0 Å². The number of nitrogens with zero attached hydrogens (tertiary/aromatic N) is 1. The van der Waals surface area contributed by atoms with Crippen molar-refractivity contribution in [3.63, 3.8) is 0 Å². The molecule has 96 valence electrons. The topological polar surface area (TPSA) is 28.7 Å². The molecule has 1 saturated carbocycles. The molecular weight excluding hydrogens is 288 g/mol. The smallest absolute Gasteiger partial charge is 0.113 e. The molecule has 0 radical (unpaired) electrons. The second-order valence-electron chi connectivity index (χ2n) is 5.55. The number of nitrogens with one attached hydrogen (secondary N) is 1. The van der Waals surface area contributed by atoms with Gasteiger partial charge < -0.3 is 4.98 Å². The lowest BCUT2D eigenvalue weighted by Crippen LogP contribution is -2.22. The molecular formula is C15H19BrN2.